The van der Waals surface area contributed by atoms with Gasteiger partial charge in [0, 0.05) is 12.6 Å². The predicted octanol–water partition coefficient (Wildman–Crippen LogP) is 0.372. The smallest absolute Gasteiger partial charge is 0.251 e. The van der Waals surface area contributed by atoms with E-state index in [2.05, 4.69) is 9.97 Å². The van der Waals surface area contributed by atoms with Gasteiger partial charge in [0.05, 0.1) is 5.69 Å². The molecule has 3 N–H and O–H groups in total. The van der Waals surface area contributed by atoms with Gasteiger partial charge in [-0.1, -0.05) is 11.8 Å². The van der Waals surface area contributed by atoms with Gasteiger partial charge < -0.3 is 10.7 Å². The van der Waals surface area contributed by atoms with Gasteiger partial charge in [-0.05, 0) is 6.26 Å². The molecule has 0 aliphatic carbocycles. The molecule has 0 atom stereocenters. The number of rotatable bonds is 2. The molecule has 0 spiro atoms. The Morgan fingerprint density at radius 3 is 2.92 bits per heavy atom. The summed E-state index contributed by atoms with van der Waals surface area (Å²) < 4.78 is 0. The molecular formula is C6H10ClN3OS. The molecule has 0 aromatic carbocycles. The van der Waals surface area contributed by atoms with Crippen molar-refractivity contribution in [2.75, 3.05) is 6.26 Å². The first-order valence-corrected chi connectivity index (χ1v) is 4.33. The van der Waals surface area contributed by atoms with Gasteiger partial charge in [0.1, 0.15) is 0 Å². The van der Waals surface area contributed by atoms with E-state index in [4.69, 9.17) is 5.73 Å². The van der Waals surface area contributed by atoms with Crippen LogP contribution in [0.2, 0.25) is 0 Å². The highest BCUT2D eigenvalue weighted by Crippen LogP contribution is 2.04. The third-order valence-electron chi connectivity index (χ3n) is 1.18. The number of nitrogens with one attached hydrogen (secondary N) is 1. The molecule has 1 aromatic rings. The average molecular weight is 208 g/mol. The Hall–Kier alpha value is -0.520. The Labute approximate surface area is 80.4 Å². The molecule has 1 aromatic heterocycles. The summed E-state index contributed by atoms with van der Waals surface area (Å²) in [5, 5.41) is 0.609. The van der Waals surface area contributed by atoms with Crippen molar-refractivity contribution in [3.63, 3.8) is 0 Å². The van der Waals surface area contributed by atoms with Crippen molar-refractivity contribution in [3.8, 4) is 0 Å². The molecule has 6 heteroatoms. The van der Waals surface area contributed by atoms with Gasteiger partial charge in [0.25, 0.3) is 5.56 Å². The predicted molar refractivity (Wildman–Crippen MR) is 51.8 cm³/mol. The maximum atomic E-state index is 10.9. The summed E-state index contributed by atoms with van der Waals surface area (Å²) in [6, 6.07) is 1.40. The van der Waals surface area contributed by atoms with Crippen LogP contribution in [0.5, 0.6) is 0 Å². The Balaban J connectivity index is 0.00000121. The second kappa shape index (κ2) is 5.18. The zero-order valence-electron chi connectivity index (χ0n) is 6.53. The fourth-order valence-corrected chi connectivity index (χ4v) is 1.10. The van der Waals surface area contributed by atoms with Crippen LogP contribution in [-0.2, 0) is 6.54 Å². The van der Waals surface area contributed by atoms with Crippen molar-refractivity contribution < 1.29 is 0 Å². The average Bonchev–Trinajstić information content (AvgIpc) is 2.03. The third-order valence-corrected chi connectivity index (χ3v) is 1.76. The van der Waals surface area contributed by atoms with E-state index in [1.807, 2.05) is 6.26 Å². The summed E-state index contributed by atoms with van der Waals surface area (Å²) in [6.07, 6.45) is 1.85. The standard InChI is InChI=1S/C6H9N3OS.ClH/c1-11-6-8-4(3-7)2-5(10)9-6;/h2H,3,7H2,1H3,(H,8,9,10);1H. The summed E-state index contributed by atoms with van der Waals surface area (Å²) in [7, 11) is 0. The van der Waals surface area contributed by atoms with Crippen molar-refractivity contribution in [2.45, 2.75) is 11.7 Å². The topological polar surface area (TPSA) is 71.8 Å². The lowest BCUT2D eigenvalue weighted by molar-refractivity contribution is 0.857. The van der Waals surface area contributed by atoms with Gasteiger partial charge in [0.15, 0.2) is 5.16 Å². The minimum Gasteiger partial charge on any atom is -0.325 e. The Bertz CT molecular complexity index is 276. The quantitative estimate of drug-likeness (QED) is 0.543. The second-order valence-corrected chi connectivity index (χ2v) is 2.75. The molecule has 0 saturated heterocycles. The van der Waals surface area contributed by atoms with E-state index in [1.54, 1.807) is 0 Å². The van der Waals surface area contributed by atoms with Crippen LogP contribution in [0.25, 0.3) is 0 Å². The molecule has 0 unspecified atom stereocenters. The van der Waals surface area contributed by atoms with Gasteiger partial charge in [0.2, 0.25) is 0 Å². The molecule has 0 amide bonds. The zero-order valence-corrected chi connectivity index (χ0v) is 8.17. The number of halogens is 1. The molecule has 0 aliphatic heterocycles. The van der Waals surface area contributed by atoms with Gasteiger partial charge in [-0.3, -0.25) is 4.79 Å². The largest absolute Gasteiger partial charge is 0.325 e. The second-order valence-electron chi connectivity index (χ2n) is 1.95. The van der Waals surface area contributed by atoms with Crippen LogP contribution >= 0.6 is 24.2 Å². The molecule has 1 heterocycles. The van der Waals surface area contributed by atoms with E-state index in [9.17, 15) is 4.79 Å². The van der Waals surface area contributed by atoms with E-state index in [1.165, 1.54) is 17.8 Å². The molecule has 0 aliphatic rings. The number of aromatic amines is 1. The summed E-state index contributed by atoms with van der Waals surface area (Å²) >= 11 is 1.39. The van der Waals surface area contributed by atoms with E-state index >= 15 is 0 Å². The molecule has 12 heavy (non-hydrogen) atoms. The van der Waals surface area contributed by atoms with Gasteiger partial charge in [-0.25, -0.2) is 4.98 Å². The number of hydrogen-bond donors (Lipinski definition) is 2. The zero-order chi connectivity index (χ0) is 8.27. The monoisotopic (exact) mass is 207 g/mol. The van der Waals surface area contributed by atoms with Crippen LogP contribution in [0.15, 0.2) is 16.0 Å². The van der Waals surface area contributed by atoms with E-state index in [0.717, 1.165) is 0 Å². The molecule has 0 fully saturated rings. The molecule has 68 valence electrons. The van der Waals surface area contributed by atoms with Crippen LogP contribution in [0, 0.1) is 0 Å². The van der Waals surface area contributed by atoms with Crippen LogP contribution in [-0.4, -0.2) is 16.2 Å². The Morgan fingerprint density at radius 2 is 2.42 bits per heavy atom. The molecule has 0 saturated carbocycles. The molecule has 0 radical (unpaired) electrons. The third kappa shape index (κ3) is 2.84. The number of aromatic nitrogens is 2. The van der Waals surface area contributed by atoms with E-state index in [-0.39, 0.29) is 18.0 Å². The highest BCUT2D eigenvalue weighted by molar-refractivity contribution is 7.98. The Morgan fingerprint density at radius 1 is 1.75 bits per heavy atom. The van der Waals surface area contributed by atoms with Crippen LogP contribution in [0.4, 0.5) is 0 Å². The first kappa shape index (κ1) is 11.5. The van der Waals surface area contributed by atoms with Crippen molar-refractivity contribution in [3.05, 3.63) is 22.1 Å². The minimum absolute atomic E-state index is 0. The summed E-state index contributed by atoms with van der Waals surface area (Å²) in [5.41, 5.74) is 5.79. The number of H-pyrrole nitrogens is 1. The lowest BCUT2D eigenvalue weighted by Crippen LogP contribution is -2.12. The van der Waals surface area contributed by atoms with Gasteiger partial charge in [-0.15, -0.1) is 12.4 Å². The van der Waals surface area contributed by atoms with Crippen molar-refractivity contribution in [1.29, 1.82) is 0 Å². The fraction of sp³-hybridized carbons (Fsp3) is 0.333. The minimum atomic E-state index is -0.148. The summed E-state index contributed by atoms with van der Waals surface area (Å²) in [5.74, 6) is 0. The number of thioether (sulfide) groups is 1. The number of hydrogen-bond acceptors (Lipinski definition) is 4. The summed E-state index contributed by atoms with van der Waals surface area (Å²) in [4.78, 5) is 17.5. The van der Waals surface area contributed by atoms with E-state index < -0.39 is 0 Å². The van der Waals surface area contributed by atoms with E-state index in [0.29, 0.717) is 17.4 Å². The normalized spacial score (nSPS) is 9.17. The van der Waals surface area contributed by atoms with Crippen molar-refractivity contribution in [2.24, 2.45) is 5.73 Å². The van der Waals surface area contributed by atoms with Crippen LogP contribution < -0.4 is 11.3 Å². The first-order chi connectivity index (χ1) is 5.26. The summed E-state index contributed by atoms with van der Waals surface area (Å²) in [6.45, 7) is 0.303. The Kier molecular flexibility index (Phi) is 4.96. The van der Waals surface area contributed by atoms with Crippen LogP contribution in [0.1, 0.15) is 5.69 Å². The maximum absolute atomic E-state index is 10.9. The molecule has 0 bridgehead atoms. The lowest BCUT2D eigenvalue weighted by atomic mass is 10.4. The molecular weight excluding hydrogens is 198 g/mol. The van der Waals surface area contributed by atoms with Gasteiger partial charge >= 0.3 is 0 Å². The molecule has 1 rings (SSSR count). The van der Waals surface area contributed by atoms with Crippen molar-refractivity contribution in [1.82, 2.24) is 9.97 Å². The SMILES string of the molecule is CSc1nc(CN)cc(=O)[nH]1.Cl. The maximum Gasteiger partial charge on any atom is 0.251 e. The number of nitrogens with zero attached hydrogens (tertiary/aromatic N) is 1. The van der Waals surface area contributed by atoms with Crippen molar-refractivity contribution >= 4 is 24.2 Å². The number of nitrogens with two attached hydrogens (primary N) is 1. The highest BCUT2D eigenvalue weighted by Gasteiger charge is 1.96. The first-order valence-electron chi connectivity index (χ1n) is 3.10. The molecule has 4 nitrogen and oxygen atoms in total. The van der Waals surface area contributed by atoms with Crippen LogP contribution in [0.3, 0.4) is 0 Å². The van der Waals surface area contributed by atoms with Gasteiger partial charge in [-0.2, -0.15) is 0 Å². The fourth-order valence-electron chi connectivity index (χ4n) is 0.685. The highest BCUT2D eigenvalue weighted by atomic mass is 35.5. The lowest BCUT2D eigenvalue weighted by Gasteiger charge is -1.97.